The molecule has 0 saturated carbocycles. The van der Waals surface area contributed by atoms with Gasteiger partial charge in [0.15, 0.2) is 6.10 Å². The molecule has 0 aliphatic rings. The van der Waals surface area contributed by atoms with Crippen molar-refractivity contribution in [2.24, 2.45) is 5.73 Å². The van der Waals surface area contributed by atoms with Crippen LogP contribution < -0.4 is 5.73 Å². The molecule has 2 unspecified atom stereocenters. The Labute approximate surface area is 338 Å². The summed E-state index contributed by atoms with van der Waals surface area (Å²) in [5, 5.41) is 10.1. The topological polar surface area (TPSA) is 155 Å². The van der Waals surface area contributed by atoms with Gasteiger partial charge in [-0.15, -0.1) is 0 Å². The highest BCUT2D eigenvalue weighted by molar-refractivity contribution is 7.47. The second-order valence-electron chi connectivity index (χ2n) is 13.0. The molecule has 4 N–H and O–H groups in total. The maximum atomic E-state index is 12.5. The SMILES string of the molecule is CC/C=C\C/C=C\C/C=C\C/C=C\C/C=C\CCCC(=O)OC[C@H](COP(=O)(O)OCCN)OC(=O)CCC/C=C/C=C\C(O)C/C=C\C/C=C\CCCCC. The summed E-state index contributed by atoms with van der Waals surface area (Å²) in [6, 6.07) is 0. The summed E-state index contributed by atoms with van der Waals surface area (Å²) in [6.45, 7) is 3.31. The Morgan fingerprint density at radius 2 is 1.18 bits per heavy atom. The van der Waals surface area contributed by atoms with E-state index in [0.717, 1.165) is 44.9 Å². The van der Waals surface area contributed by atoms with Gasteiger partial charge >= 0.3 is 19.8 Å². The van der Waals surface area contributed by atoms with Crippen LogP contribution in [0, 0.1) is 0 Å². The van der Waals surface area contributed by atoms with E-state index in [0.29, 0.717) is 32.1 Å². The molecular formula is C45H72NO9P. The third kappa shape index (κ3) is 38.9. The average molecular weight is 802 g/mol. The van der Waals surface area contributed by atoms with Crippen molar-refractivity contribution >= 4 is 19.8 Å². The number of aliphatic hydroxyl groups is 1. The van der Waals surface area contributed by atoms with E-state index in [9.17, 15) is 24.2 Å². The smallest absolute Gasteiger partial charge is 0.462 e. The van der Waals surface area contributed by atoms with Crippen molar-refractivity contribution in [1.82, 2.24) is 0 Å². The molecule has 0 heterocycles. The van der Waals surface area contributed by atoms with Crippen LogP contribution in [0.2, 0.25) is 0 Å². The van der Waals surface area contributed by atoms with E-state index in [4.69, 9.17) is 24.3 Å². The zero-order chi connectivity index (χ0) is 41.2. The van der Waals surface area contributed by atoms with Gasteiger partial charge in [0.25, 0.3) is 0 Å². The molecule has 0 aromatic rings. The maximum absolute atomic E-state index is 12.5. The Hall–Kier alpha value is -3.37. The monoisotopic (exact) mass is 801 g/mol. The number of phosphoric acid groups is 1. The van der Waals surface area contributed by atoms with Gasteiger partial charge in [0.1, 0.15) is 6.61 Å². The lowest BCUT2D eigenvalue weighted by Crippen LogP contribution is -2.29. The lowest BCUT2D eigenvalue weighted by Gasteiger charge is -2.19. The first-order valence-corrected chi connectivity index (χ1v) is 22.0. The van der Waals surface area contributed by atoms with Gasteiger partial charge in [-0.3, -0.25) is 18.6 Å². The van der Waals surface area contributed by atoms with E-state index in [2.05, 4.69) is 86.8 Å². The Morgan fingerprint density at radius 3 is 1.77 bits per heavy atom. The summed E-state index contributed by atoms with van der Waals surface area (Å²) in [7, 11) is -4.43. The highest BCUT2D eigenvalue weighted by Gasteiger charge is 2.25. The van der Waals surface area contributed by atoms with Crippen LogP contribution in [0.15, 0.2) is 109 Å². The fraction of sp³-hybridized carbons (Fsp3) is 0.556. The summed E-state index contributed by atoms with van der Waals surface area (Å²) in [5.41, 5.74) is 5.33. The summed E-state index contributed by atoms with van der Waals surface area (Å²) in [5.74, 6) is -1.04. The molecule has 0 amide bonds. The average Bonchev–Trinajstić information content (AvgIpc) is 3.18. The first kappa shape index (κ1) is 52.6. The minimum absolute atomic E-state index is 0.0169. The zero-order valence-corrected chi connectivity index (χ0v) is 35.1. The third-order valence-corrected chi connectivity index (χ3v) is 8.71. The second kappa shape index (κ2) is 39.8. The molecule has 0 spiro atoms. The number of nitrogens with two attached hydrogens (primary N) is 1. The standard InChI is InChI=1S/C45H72NO9P/c1-3-5-7-9-11-13-14-15-16-17-18-19-20-22-24-28-32-36-44(48)52-40-43(41-54-56(50,51)53-39-38-46)55-45(49)37-33-29-25-27-31-35-42(47)34-30-26-23-21-12-10-8-6-4-2/h5,7,11-13,15-16,18-19,21-22,24-27,30-31,35,42-43,47H,3-4,6,8-10,14,17,20,23,28-29,32-34,36-41,46H2,1-2H3,(H,50,51)/b7-5-,13-11-,16-15-,19-18-,21-12-,24-22-,27-25+,30-26-,35-31-/t42?,43-/m1/s1. The minimum atomic E-state index is -4.43. The van der Waals surface area contributed by atoms with Crippen LogP contribution in [0.5, 0.6) is 0 Å². The van der Waals surface area contributed by atoms with Crippen molar-refractivity contribution in [3.8, 4) is 0 Å². The van der Waals surface area contributed by atoms with Crippen LogP contribution in [-0.4, -0.2) is 60.5 Å². The molecule has 3 atom stereocenters. The number of allylic oxidation sites excluding steroid dienone is 16. The number of hydrogen-bond donors (Lipinski definition) is 3. The number of phosphoric ester groups is 1. The number of ether oxygens (including phenoxy) is 2. The van der Waals surface area contributed by atoms with Gasteiger partial charge in [-0.2, -0.15) is 0 Å². The molecule has 0 saturated heterocycles. The Morgan fingerprint density at radius 1 is 0.643 bits per heavy atom. The number of esters is 2. The molecule has 0 radical (unpaired) electrons. The summed E-state index contributed by atoms with van der Waals surface area (Å²) >= 11 is 0. The molecule has 0 aromatic heterocycles. The predicted molar refractivity (Wildman–Crippen MR) is 230 cm³/mol. The molecule has 0 bridgehead atoms. The van der Waals surface area contributed by atoms with Crippen LogP contribution in [0.25, 0.3) is 0 Å². The fourth-order valence-corrected chi connectivity index (χ4v) is 5.45. The van der Waals surface area contributed by atoms with Crippen LogP contribution in [0.1, 0.15) is 123 Å². The summed E-state index contributed by atoms with van der Waals surface area (Å²) in [6.07, 6.45) is 48.7. The molecule has 0 aromatic carbocycles. The molecule has 11 heteroatoms. The molecule has 316 valence electrons. The number of carbonyl (C=O) groups is 2. The Kier molecular flexibility index (Phi) is 37.5. The normalized spacial score (nSPS) is 15.0. The van der Waals surface area contributed by atoms with Crippen LogP contribution >= 0.6 is 7.82 Å². The highest BCUT2D eigenvalue weighted by atomic mass is 31.2. The van der Waals surface area contributed by atoms with Crippen molar-refractivity contribution in [2.45, 2.75) is 135 Å². The lowest BCUT2D eigenvalue weighted by atomic mass is 10.2. The van der Waals surface area contributed by atoms with Crippen molar-refractivity contribution < 1.29 is 42.7 Å². The number of aliphatic hydroxyl groups excluding tert-OH is 1. The van der Waals surface area contributed by atoms with Gasteiger partial charge in [0.05, 0.1) is 19.3 Å². The molecule has 10 nitrogen and oxygen atoms in total. The zero-order valence-electron chi connectivity index (χ0n) is 34.2. The predicted octanol–water partition coefficient (Wildman–Crippen LogP) is 10.6. The molecule has 0 aliphatic heterocycles. The minimum Gasteiger partial charge on any atom is -0.462 e. The molecular weight excluding hydrogens is 729 g/mol. The number of rotatable bonds is 36. The van der Waals surface area contributed by atoms with E-state index in [-0.39, 0.29) is 32.6 Å². The van der Waals surface area contributed by atoms with Crippen molar-refractivity contribution in [3.63, 3.8) is 0 Å². The van der Waals surface area contributed by atoms with E-state index in [1.54, 1.807) is 12.2 Å². The summed E-state index contributed by atoms with van der Waals surface area (Å²) in [4.78, 5) is 34.8. The Balaban J connectivity index is 4.50. The fourth-order valence-electron chi connectivity index (χ4n) is 4.68. The molecule has 0 rings (SSSR count). The van der Waals surface area contributed by atoms with Gasteiger partial charge < -0.3 is 25.2 Å². The van der Waals surface area contributed by atoms with Gasteiger partial charge in [0, 0.05) is 19.4 Å². The second-order valence-corrected chi connectivity index (χ2v) is 14.4. The number of carbonyl (C=O) groups excluding carboxylic acids is 2. The highest BCUT2D eigenvalue weighted by Crippen LogP contribution is 2.43. The van der Waals surface area contributed by atoms with Gasteiger partial charge in [-0.05, 0) is 83.5 Å². The van der Waals surface area contributed by atoms with E-state index >= 15 is 0 Å². The molecule has 56 heavy (non-hydrogen) atoms. The van der Waals surface area contributed by atoms with Crippen LogP contribution in [-0.2, 0) is 32.7 Å². The van der Waals surface area contributed by atoms with E-state index in [1.165, 1.54) is 19.3 Å². The number of unbranched alkanes of at least 4 members (excludes halogenated alkanes) is 5. The van der Waals surface area contributed by atoms with Crippen LogP contribution in [0.3, 0.4) is 0 Å². The van der Waals surface area contributed by atoms with Gasteiger partial charge in [0.2, 0.25) is 0 Å². The maximum Gasteiger partial charge on any atom is 0.472 e. The van der Waals surface area contributed by atoms with E-state index in [1.807, 2.05) is 24.3 Å². The largest absolute Gasteiger partial charge is 0.472 e. The molecule has 0 aliphatic carbocycles. The third-order valence-electron chi connectivity index (χ3n) is 7.72. The van der Waals surface area contributed by atoms with Crippen molar-refractivity contribution in [2.75, 3.05) is 26.4 Å². The number of hydrogen-bond acceptors (Lipinski definition) is 9. The van der Waals surface area contributed by atoms with E-state index < -0.39 is 38.6 Å². The van der Waals surface area contributed by atoms with Crippen molar-refractivity contribution in [3.05, 3.63) is 109 Å². The first-order chi connectivity index (χ1) is 27.2. The quantitative estimate of drug-likeness (QED) is 0.0183. The van der Waals surface area contributed by atoms with Gasteiger partial charge in [-0.1, -0.05) is 136 Å². The summed E-state index contributed by atoms with van der Waals surface area (Å²) < 4.78 is 32.5. The lowest BCUT2D eigenvalue weighted by molar-refractivity contribution is -0.161. The molecule has 0 fully saturated rings. The Bertz CT molecular complexity index is 1300. The first-order valence-electron chi connectivity index (χ1n) is 20.5. The van der Waals surface area contributed by atoms with Gasteiger partial charge in [-0.25, -0.2) is 4.57 Å². The van der Waals surface area contributed by atoms with Crippen LogP contribution in [0.4, 0.5) is 0 Å². The van der Waals surface area contributed by atoms with Crippen molar-refractivity contribution in [1.29, 1.82) is 0 Å².